The maximum absolute atomic E-state index is 13.2. The van der Waals surface area contributed by atoms with E-state index in [0.717, 1.165) is 16.3 Å². The smallest absolute Gasteiger partial charge is 0.255 e. The summed E-state index contributed by atoms with van der Waals surface area (Å²) >= 11 is 1.56. The number of benzene rings is 2. The number of rotatable bonds is 5. The minimum Gasteiger partial charge on any atom is -0.360 e. The van der Waals surface area contributed by atoms with Crippen LogP contribution < -0.4 is 0 Å². The Morgan fingerprint density at radius 3 is 2.23 bits per heavy atom. The highest BCUT2D eigenvalue weighted by Gasteiger charge is 2.26. The van der Waals surface area contributed by atoms with Gasteiger partial charge in [0.25, 0.3) is 11.8 Å². The molecule has 2 heterocycles. The van der Waals surface area contributed by atoms with Gasteiger partial charge in [-0.2, -0.15) is 0 Å². The highest BCUT2D eigenvalue weighted by Crippen LogP contribution is 2.28. The number of amides is 2. The van der Waals surface area contributed by atoms with Crippen molar-refractivity contribution in [2.75, 3.05) is 26.2 Å². The highest BCUT2D eigenvalue weighted by molar-refractivity contribution is 7.98. The first-order valence-electron chi connectivity index (χ1n) is 9.89. The number of piperazine rings is 1. The van der Waals surface area contributed by atoms with Crippen molar-refractivity contribution in [2.24, 2.45) is 0 Å². The lowest BCUT2D eigenvalue weighted by Gasteiger charge is -2.35. The molecule has 0 radical (unpaired) electrons. The molecule has 0 bridgehead atoms. The predicted molar refractivity (Wildman–Crippen MR) is 115 cm³/mol. The van der Waals surface area contributed by atoms with E-state index in [4.69, 9.17) is 4.52 Å². The van der Waals surface area contributed by atoms with Crippen LogP contribution in [0.5, 0.6) is 0 Å². The zero-order valence-electron chi connectivity index (χ0n) is 16.8. The third-order valence-corrected chi connectivity index (χ3v) is 6.13. The van der Waals surface area contributed by atoms with Gasteiger partial charge in [0.15, 0.2) is 0 Å². The second-order valence-electron chi connectivity index (χ2n) is 7.17. The van der Waals surface area contributed by atoms with E-state index < -0.39 is 0 Å². The Hall–Kier alpha value is -3.06. The Labute approximate surface area is 179 Å². The Morgan fingerprint density at radius 2 is 1.57 bits per heavy atom. The monoisotopic (exact) mass is 421 g/mol. The molecule has 0 N–H and O–H groups in total. The van der Waals surface area contributed by atoms with E-state index in [9.17, 15) is 9.59 Å². The van der Waals surface area contributed by atoms with Gasteiger partial charge in [0.2, 0.25) is 0 Å². The van der Waals surface area contributed by atoms with Crippen LogP contribution in [-0.4, -0.2) is 52.9 Å². The van der Waals surface area contributed by atoms with Crippen molar-refractivity contribution in [3.05, 3.63) is 83.2 Å². The van der Waals surface area contributed by atoms with Gasteiger partial charge in [-0.25, -0.2) is 0 Å². The molecule has 6 nitrogen and oxygen atoms in total. The largest absolute Gasteiger partial charge is 0.360 e. The fourth-order valence-electron chi connectivity index (χ4n) is 3.45. The topological polar surface area (TPSA) is 66.7 Å². The molecule has 0 saturated carbocycles. The minimum absolute atomic E-state index is 0.00124. The fraction of sp³-hybridized carbons (Fsp3) is 0.261. The normalized spacial score (nSPS) is 14.0. The van der Waals surface area contributed by atoms with Gasteiger partial charge >= 0.3 is 0 Å². The SMILES string of the molecule is Cc1cc(CSc2ccccc2C(=O)N2CCN(C(=O)c3ccccc3)CC2)on1. The fourth-order valence-corrected chi connectivity index (χ4v) is 4.37. The van der Waals surface area contributed by atoms with Gasteiger partial charge in [0.05, 0.1) is 17.0 Å². The molecule has 3 aromatic rings. The Balaban J connectivity index is 1.39. The molecule has 1 saturated heterocycles. The summed E-state index contributed by atoms with van der Waals surface area (Å²) in [6.45, 7) is 4.00. The number of hydrogen-bond acceptors (Lipinski definition) is 5. The van der Waals surface area contributed by atoms with E-state index in [2.05, 4.69) is 5.16 Å². The summed E-state index contributed by atoms with van der Waals surface area (Å²) in [4.78, 5) is 30.3. The van der Waals surface area contributed by atoms with Crippen LogP contribution in [0, 0.1) is 6.92 Å². The molecule has 2 aromatic carbocycles. The molecule has 0 spiro atoms. The standard InChI is InChI=1S/C23H23N3O3S/c1-17-15-19(29-24-17)16-30-21-10-6-5-9-20(21)23(28)26-13-11-25(12-14-26)22(27)18-7-3-2-4-8-18/h2-10,15H,11-14,16H2,1H3. The van der Waals surface area contributed by atoms with E-state index in [1.165, 1.54) is 0 Å². The first kappa shape index (κ1) is 20.2. The van der Waals surface area contributed by atoms with Gasteiger partial charge < -0.3 is 14.3 Å². The Kier molecular flexibility index (Phi) is 6.18. The summed E-state index contributed by atoms with van der Waals surface area (Å²) in [6.07, 6.45) is 0. The number of aromatic nitrogens is 1. The first-order valence-corrected chi connectivity index (χ1v) is 10.9. The van der Waals surface area contributed by atoms with Gasteiger partial charge in [0, 0.05) is 42.7 Å². The van der Waals surface area contributed by atoms with Crippen LogP contribution in [0.4, 0.5) is 0 Å². The van der Waals surface area contributed by atoms with Gasteiger partial charge in [0.1, 0.15) is 5.76 Å². The molecule has 0 unspecified atom stereocenters. The molecule has 7 heteroatoms. The molecule has 0 atom stereocenters. The van der Waals surface area contributed by atoms with E-state index in [1.807, 2.05) is 77.4 Å². The average Bonchev–Trinajstić information content (AvgIpc) is 3.22. The molecule has 2 amide bonds. The van der Waals surface area contributed by atoms with Crippen molar-refractivity contribution in [2.45, 2.75) is 17.6 Å². The molecule has 1 aromatic heterocycles. The minimum atomic E-state index is -0.00124. The lowest BCUT2D eigenvalue weighted by molar-refractivity contribution is 0.0533. The third kappa shape index (κ3) is 4.57. The van der Waals surface area contributed by atoms with Crippen molar-refractivity contribution in [3.8, 4) is 0 Å². The van der Waals surface area contributed by atoms with Crippen LogP contribution in [0.3, 0.4) is 0 Å². The summed E-state index contributed by atoms with van der Waals surface area (Å²) in [5.74, 6) is 1.41. The van der Waals surface area contributed by atoms with Crippen molar-refractivity contribution >= 4 is 23.6 Å². The van der Waals surface area contributed by atoms with Crippen LogP contribution in [-0.2, 0) is 5.75 Å². The zero-order chi connectivity index (χ0) is 20.9. The van der Waals surface area contributed by atoms with Crippen LogP contribution in [0.1, 0.15) is 32.2 Å². The highest BCUT2D eigenvalue weighted by atomic mass is 32.2. The number of carbonyl (C=O) groups excluding carboxylic acids is 2. The molecule has 1 aliphatic rings. The summed E-state index contributed by atoms with van der Waals surface area (Å²) in [6, 6.07) is 18.8. The Bertz CT molecular complexity index is 1030. The number of carbonyl (C=O) groups is 2. The second-order valence-corrected chi connectivity index (χ2v) is 8.19. The van der Waals surface area contributed by atoms with E-state index in [-0.39, 0.29) is 11.8 Å². The predicted octanol–water partition coefficient (Wildman–Crippen LogP) is 3.87. The van der Waals surface area contributed by atoms with Gasteiger partial charge in [-0.05, 0) is 31.2 Å². The third-order valence-electron chi connectivity index (χ3n) is 5.04. The molecule has 1 fully saturated rings. The summed E-state index contributed by atoms with van der Waals surface area (Å²) in [5, 5.41) is 3.91. The van der Waals surface area contributed by atoms with Gasteiger partial charge in [-0.15, -0.1) is 11.8 Å². The summed E-state index contributed by atoms with van der Waals surface area (Å²) in [7, 11) is 0. The molecule has 0 aliphatic carbocycles. The first-order chi connectivity index (χ1) is 14.6. The van der Waals surface area contributed by atoms with E-state index in [1.54, 1.807) is 11.8 Å². The average molecular weight is 422 g/mol. The molecular weight excluding hydrogens is 398 g/mol. The summed E-state index contributed by atoms with van der Waals surface area (Å²) in [5.41, 5.74) is 2.21. The van der Waals surface area contributed by atoms with Crippen LogP contribution in [0.15, 0.2) is 70.1 Å². The Morgan fingerprint density at radius 1 is 0.933 bits per heavy atom. The van der Waals surface area contributed by atoms with Crippen molar-refractivity contribution in [3.63, 3.8) is 0 Å². The zero-order valence-corrected chi connectivity index (χ0v) is 17.6. The lowest BCUT2D eigenvalue weighted by atomic mass is 10.1. The maximum Gasteiger partial charge on any atom is 0.255 e. The molecule has 1 aliphatic heterocycles. The van der Waals surface area contributed by atoms with Crippen LogP contribution in [0.25, 0.3) is 0 Å². The van der Waals surface area contributed by atoms with Crippen molar-refractivity contribution in [1.29, 1.82) is 0 Å². The van der Waals surface area contributed by atoms with E-state index >= 15 is 0 Å². The molecular formula is C23H23N3O3S. The van der Waals surface area contributed by atoms with Crippen molar-refractivity contribution < 1.29 is 14.1 Å². The lowest BCUT2D eigenvalue weighted by Crippen LogP contribution is -2.50. The second kappa shape index (κ2) is 9.17. The summed E-state index contributed by atoms with van der Waals surface area (Å²) < 4.78 is 5.27. The number of nitrogens with zero attached hydrogens (tertiary/aromatic N) is 3. The van der Waals surface area contributed by atoms with E-state index in [0.29, 0.717) is 43.1 Å². The van der Waals surface area contributed by atoms with Gasteiger partial charge in [-0.3, -0.25) is 9.59 Å². The number of thioether (sulfide) groups is 1. The maximum atomic E-state index is 13.2. The van der Waals surface area contributed by atoms with Crippen LogP contribution >= 0.6 is 11.8 Å². The quantitative estimate of drug-likeness (QED) is 0.585. The molecule has 30 heavy (non-hydrogen) atoms. The van der Waals surface area contributed by atoms with Gasteiger partial charge in [-0.1, -0.05) is 35.5 Å². The van der Waals surface area contributed by atoms with Crippen molar-refractivity contribution in [1.82, 2.24) is 15.0 Å². The number of aryl methyl sites for hydroxylation is 1. The van der Waals surface area contributed by atoms with Crippen LogP contribution in [0.2, 0.25) is 0 Å². The molecule has 4 rings (SSSR count). The molecule has 154 valence electrons. The number of hydrogen-bond donors (Lipinski definition) is 0.